The highest BCUT2D eigenvalue weighted by molar-refractivity contribution is 6.31. The van der Waals surface area contributed by atoms with Crippen LogP contribution in [-0.4, -0.2) is 15.9 Å². The van der Waals surface area contributed by atoms with Crippen molar-refractivity contribution in [3.05, 3.63) is 52.6 Å². The van der Waals surface area contributed by atoms with Crippen molar-refractivity contribution in [1.82, 2.24) is 9.97 Å². The number of nitrogens with one attached hydrogen (secondary N) is 1. The van der Waals surface area contributed by atoms with Crippen LogP contribution in [0.2, 0.25) is 5.02 Å². The Kier molecular flexibility index (Phi) is 3.40. The van der Waals surface area contributed by atoms with Gasteiger partial charge >= 0.3 is 0 Å². The molecule has 0 spiro atoms. The molecule has 1 aromatic carbocycles. The van der Waals surface area contributed by atoms with Crippen LogP contribution in [0, 0.1) is 6.92 Å². The lowest BCUT2D eigenvalue weighted by Crippen LogP contribution is -2.15. The second-order valence-electron chi connectivity index (χ2n) is 4.97. The molecule has 4 nitrogen and oxygen atoms in total. The first-order chi connectivity index (χ1) is 9.65. The Bertz CT molecular complexity index is 668. The van der Waals surface area contributed by atoms with E-state index in [9.17, 15) is 4.79 Å². The molecule has 20 heavy (non-hydrogen) atoms. The van der Waals surface area contributed by atoms with E-state index in [1.807, 2.05) is 13.0 Å². The second-order valence-corrected chi connectivity index (χ2v) is 5.38. The maximum absolute atomic E-state index is 12.2. The van der Waals surface area contributed by atoms with Gasteiger partial charge in [0.2, 0.25) is 0 Å². The van der Waals surface area contributed by atoms with Crippen molar-refractivity contribution in [3.8, 4) is 0 Å². The summed E-state index contributed by atoms with van der Waals surface area (Å²) in [5.74, 6) is 0.261. The Morgan fingerprint density at radius 3 is 2.90 bits per heavy atom. The van der Waals surface area contributed by atoms with Gasteiger partial charge in [-0.05, 0) is 43.5 Å². The number of rotatable bonds is 3. The molecule has 0 bridgehead atoms. The summed E-state index contributed by atoms with van der Waals surface area (Å²) in [6.07, 6.45) is 3.74. The van der Waals surface area contributed by atoms with E-state index in [-0.39, 0.29) is 5.91 Å². The third kappa shape index (κ3) is 2.65. The molecule has 0 radical (unpaired) electrons. The molecule has 1 aliphatic rings. The monoisotopic (exact) mass is 287 g/mol. The highest BCUT2D eigenvalue weighted by atomic mass is 35.5. The van der Waals surface area contributed by atoms with E-state index in [1.165, 1.54) is 6.33 Å². The Labute approximate surface area is 122 Å². The van der Waals surface area contributed by atoms with Crippen LogP contribution < -0.4 is 5.32 Å². The molecule has 3 rings (SSSR count). The summed E-state index contributed by atoms with van der Waals surface area (Å²) in [6.45, 7) is 1.87. The summed E-state index contributed by atoms with van der Waals surface area (Å²) >= 11 is 6.04. The fourth-order valence-corrected chi connectivity index (χ4v) is 2.20. The molecule has 1 amide bonds. The molecule has 1 N–H and O–H groups in total. The van der Waals surface area contributed by atoms with Gasteiger partial charge in [0.15, 0.2) is 0 Å². The van der Waals surface area contributed by atoms with Crippen molar-refractivity contribution < 1.29 is 4.79 Å². The summed E-state index contributed by atoms with van der Waals surface area (Å²) in [7, 11) is 0. The van der Waals surface area contributed by atoms with Gasteiger partial charge in [-0.15, -0.1) is 0 Å². The Hall–Kier alpha value is -1.94. The Balaban J connectivity index is 1.82. The molecule has 5 heteroatoms. The average molecular weight is 288 g/mol. The smallest absolute Gasteiger partial charge is 0.274 e. The Morgan fingerprint density at radius 2 is 2.15 bits per heavy atom. The zero-order chi connectivity index (χ0) is 14.1. The molecule has 0 saturated heterocycles. The topological polar surface area (TPSA) is 54.9 Å². The van der Waals surface area contributed by atoms with Crippen LogP contribution in [0.1, 0.15) is 40.5 Å². The van der Waals surface area contributed by atoms with Crippen molar-refractivity contribution in [2.24, 2.45) is 0 Å². The van der Waals surface area contributed by atoms with Crippen LogP contribution in [0.25, 0.3) is 0 Å². The van der Waals surface area contributed by atoms with Gasteiger partial charge in [-0.1, -0.05) is 17.7 Å². The van der Waals surface area contributed by atoms with E-state index in [4.69, 9.17) is 11.6 Å². The quantitative estimate of drug-likeness (QED) is 0.939. The van der Waals surface area contributed by atoms with Crippen LogP contribution in [0.15, 0.2) is 30.6 Å². The number of anilines is 1. The second kappa shape index (κ2) is 5.21. The van der Waals surface area contributed by atoms with Gasteiger partial charge in [0, 0.05) is 22.3 Å². The van der Waals surface area contributed by atoms with E-state index in [0.29, 0.717) is 22.3 Å². The van der Waals surface area contributed by atoms with Gasteiger partial charge in [-0.2, -0.15) is 0 Å². The highest BCUT2D eigenvalue weighted by Gasteiger charge is 2.26. The fraction of sp³-hybridized carbons (Fsp3) is 0.267. The number of nitrogens with zero attached hydrogens (tertiary/aromatic N) is 2. The summed E-state index contributed by atoms with van der Waals surface area (Å²) in [4.78, 5) is 20.5. The number of carbonyl (C=O) groups excluding carboxylic acids is 1. The molecule has 0 atom stereocenters. The first-order valence-electron chi connectivity index (χ1n) is 6.53. The summed E-state index contributed by atoms with van der Waals surface area (Å²) in [5, 5.41) is 3.47. The minimum absolute atomic E-state index is 0.236. The lowest BCUT2D eigenvalue weighted by Gasteiger charge is -2.09. The molecule has 1 heterocycles. The van der Waals surface area contributed by atoms with E-state index in [2.05, 4.69) is 15.3 Å². The van der Waals surface area contributed by atoms with Crippen LogP contribution in [0.4, 0.5) is 5.69 Å². The molecule has 1 aromatic heterocycles. The van der Waals surface area contributed by atoms with Crippen molar-refractivity contribution >= 4 is 23.2 Å². The molecular weight excluding hydrogens is 274 g/mol. The van der Waals surface area contributed by atoms with Crippen molar-refractivity contribution in [2.75, 3.05) is 5.32 Å². The number of halogens is 1. The van der Waals surface area contributed by atoms with E-state index >= 15 is 0 Å². The number of aromatic nitrogens is 2. The Morgan fingerprint density at radius 1 is 1.35 bits per heavy atom. The number of carbonyl (C=O) groups is 1. The van der Waals surface area contributed by atoms with Gasteiger partial charge in [0.1, 0.15) is 12.0 Å². The van der Waals surface area contributed by atoms with Gasteiger partial charge in [0.25, 0.3) is 5.91 Å². The predicted octanol–water partition coefficient (Wildman–Crippen LogP) is 3.57. The average Bonchev–Trinajstić information content (AvgIpc) is 3.28. The largest absolute Gasteiger partial charge is 0.320 e. The fourth-order valence-electron chi connectivity index (χ4n) is 2.03. The third-order valence-corrected chi connectivity index (χ3v) is 3.84. The number of hydrogen-bond acceptors (Lipinski definition) is 3. The zero-order valence-electron chi connectivity index (χ0n) is 11.1. The number of amides is 1. The SMILES string of the molecule is Cc1c(Cl)cccc1NC(=O)c1cc(C2CC2)ncn1. The highest BCUT2D eigenvalue weighted by Crippen LogP contribution is 2.38. The first-order valence-corrected chi connectivity index (χ1v) is 6.91. The maximum Gasteiger partial charge on any atom is 0.274 e. The molecular formula is C15H14ClN3O. The van der Waals surface area contributed by atoms with Gasteiger partial charge in [-0.3, -0.25) is 4.79 Å². The zero-order valence-corrected chi connectivity index (χ0v) is 11.8. The predicted molar refractivity (Wildman–Crippen MR) is 78.1 cm³/mol. The minimum atomic E-state index is -0.236. The lowest BCUT2D eigenvalue weighted by atomic mass is 10.2. The van der Waals surface area contributed by atoms with Gasteiger partial charge < -0.3 is 5.32 Å². The minimum Gasteiger partial charge on any atom is -0.320 e. The molecule has 1 saturated carbocycles. The molecule has 0 aliphatic heterocycles. The van der Waals surface area contributed by atoms with Crippen molar-refractivity contribution in [3.63, 3.8) is 0 Å². The van der Waals surface area contributed by atoms with Crippen LogP contribution >= 0.6 is 11.6 Å². The van der Waals surface area contributed by atoms with E-state index in [0.717, 1.165) is 24.1 Å². The molecule has 1 aliphatic carbocycles. The standard InChI is InChI=1S/C15H14ClN3O/c1-9-11(16)3-2-4-12(9)19-15(20)14-7-13(10-5-6-10)17-8-18-14/h2-4,7-8,10H,5-6H2,1H3,(H,19,20). The molecule has 0 unspecified atom stereocenters. The van der Waals surface area contributed by atoms with E-state index < -0.39 is 0 Å². The maximum atomic E-state index is 12.2. The van der Waals surface area contributed by atoms with Gasteiger partial charge in [0.05, 0.1) is 0 Å². The summed E-state index contributed by atoms with van der Waals surface area (Å²) < 4.78 is 0. The van der Waals surface area contributed by atoms with Crippen molar-refractivity contribution in [2.45, 2.75) is 25.7 Å². The third-order valence-electron chi connectivity index (χ3n) is 3.43. The lowest BCUT2D eigenvalue weighted by molar-refractivity contribution is 0.102. The van der Waals surface area contributed by atoms with Crippen LogP contribution in [0.3, 0.4) is 0 Å². The number of hydrogen-bond donors (Lipinski definition) is 1. The van der Waals surface area contributed by atoms with Crippen molar-refractivity contribution in [1.29, 1.82) is 0 Å². The normalized spacial score (nSPS) is 14.1. The van der Waals surface area contributed by atoms with Crippen LogP contribution in [0.5, 0.6) is 0 Å². The van der Waals surface area contributed by atoms with Crippen LogP contribution in [-0.2, 0) is 0 Å². The number of benzene rings is 1. The molecule has 1 fully saturated rings. The molecule has 2 aromatic rings. The first kappa shape index (κ1) is 13.1. The van der Waals surface area contributed by atoms with Gasteiger partial charge in [-0.25, -0.2) is 9.97 Å². The molecule has 102 valence electrons. The van der Waals surface area contributed by atoms with E-state index in [1.54, 1.807) is 18.2 Å². The summed E-state index contributed by atoms with van der Waals surface area (Å²) in [5.41, 5.74) is 2.89. The summed E-state index contributed by atoms with van der Waals surface area (Å²) in [6, 6.07) is 7.19.